The number of unbranched alkanes of at least 4 members (excludes halogenated alkanes) is 16. The van der Waals surface area contributed by atoms with Crippen molar-refractivity contribution in [2.24, 2.45) is 0 Å². The molecule has 0 heterocycles. The Morgan fingerprint density at radius 1 is 0.568 bits per heavy atom. The van der Waals surface area contributed by atoms with Crippen LogP contribution in [-0.2, 0) is 23.0 Å². The van der Waals surface area contributed by atoms with Crippen LogP contribution in [0.15, 0.2) is 35.2 Å². The Morgan fingerprint density at radius 2 is 0.973 bits per heavy atom. The van der Waals surface area contributed by atoms with Crippen LogP contribution >= 0.6 is 0 Å². The van der Waals surface area contributed by atoms with E-state index in [0.29, 0.717) is 5.39 Å². The van der Waals surface area contributed by atoms with Crippen molar-refractivity contribution in [1.82, 2.24) is 0 Å². The number of hydrogen-bond donors (Lipinski definition) is 0. The topological polar surface area (TPSA) is 57.2 Å². The average molecular weight is 555 g/mol. The van der Waals surface area contributed by atoms with Crippen LogP contribution in [0, 0.1) is 0 Å². The molecule has 0 bridgehead atoms. The van der Waals surface area contributed by atoms with Crippen LogP contribution < -0.4 is 51.4 Å². The minimum Gasteiger partial charge on any atom is -0.744 e. The molecule has 0 aromatic heterocycles. The third-order valence-corrected chi connectivity index (χ3v) is 8.44. The van der Waals surface area contributed by atoms with Crippen LogP contribution in [0.3, 0.4) is 0 Å². The van der Waals surface area contributed by atoms with Crippen LogP contribution in [0.4, 0.5) is 0 Å². The molecular weight excluding hydrogens is 504 g/mol. The van der Waals surface area contributed by atoms with Crippen molar-refractivity contribution in [1.29, 1.82) is 0 Å². The molecule has 2 aromatic rings. The van der Waals surface area contributed by atoms with Gasteiger partial charge in [0.05, 0.1) is 4.90 Å². The van der Waals surface area contributed by atoms with Crippen LogP contribution in [0.1, 0.15) is 141 Å². The van der Waals surface area contributed by atoms with Gasteiger partial charge in [0.1, 0.15) is 10.1 Å². The molecule has 0 amide bonds. The summed E-state index contributed by atoms with van der Waals surface area (Å²) in [5, 5.41) is 1.64. The van der Waals surface area contributed by atoms with Gasteiger partial charge in [-0.15, -0.1) is 0 Å². The SMILES string of the molecule is CCCCCCCCCCCc1cccc2c(S(=O)(=O)[O-])ccc(CCCCCCCCCCC)c12.[K+]. The van der Waals surface area contributed by atoms with Gasteiger partial charge in [0.15, 0.2) is 0 Å². The number of benzene rings is 2. The van der Waals surface area contributed by atoms with Crippen molar-refractivity contribution in [3.8, 4) is 0 Å². The molecule has 0 aliphatic rings. The second-order valence-electron chi connectivity index (χ2n) is 10.7. The third-order valence-electron chi connectivity index (χ3n) is 7.54. The molecule has 3 nitrogen and oxygen atoms in total. The fraction of sp³-hybridized carbons (Fsp3) is 0.688. The first-order valence-corrected chi connectivity index (χ1v) is 16.4. The molecule has 0 aliphatic heterocycles. The molecule has 0 unspecified atom stereocenters. The van der Waals surface area contributed by atoms with E-state index in [1.165, 1.54) is 120 Å². The average Bonchev–Trinajstić information content (AvgIpc) is 2.86. The van der Waals surface area contributed by atoms with Crippen molar-refractivity contribution in [2.75, 3.05) is 0 Å². The van der Waals surface area contributed by atoms with Crippen LogP contribution in [-0.4, -0.2) is 13.0 Å². The van der Waals surface area contributed by atoms with E-state index in [1.807, 2.05) is 18.2 Å². The maximum absolute atomic E-state index is 12.0. The summed E-state index contributed by atoms with van der Waals surface area (Å²) in [4.78, 5) is -0.0674. The molecule has 0 spiro atoms. The second kappa shape index (κ2) is 21.1. The van der Waals surface area contributed by atoms with E-state index >= 15 is 0 Å². The molecule has 204 valence electrons. The van der Waals surface area contributed by atoms with Gasteiger partial charge in [0.25, 0.3) is 0 Å². The molecule has 2 aromatic carbocycles. The fourth-order valence-corrected chi connectivity index (χ4v) is 6.10. The van der Waals surface area contributed by atoms with Gasteiger partial charge in [-0.1, -0.05) is 141 Å². The maximum atomic E-state index is 12.0. The minimum absolute atomic E-state index is 0. The third kappa shape index (κ3) is 13.9. The summed E-state index contributed by atoms with van der Waals surface area (Å²) >= 11 is 0. The predicted octanol–water partition coefficient (Wildman–Crippen LogP) is 6.89. The number of rotatable bonds is 21. The molecule has 37 heavy (non-hydrogen) atoms. The number of fused-ring (bicyclic) bond motifs is 1. The monoisotopic (exact) mass is 554 g/mol. The smallest absolute Gasteiger partial charge is 0.744 e. The van der Waals surface area contributed by atoms with Crippen LogP contribution in [0.5, 0.6) is 0 Å². The fourth-order valence-electron chi connectivity index (χ4n) is 5.42. The molecule has 5 heteroatoms. The van der Waals surface area contributed by atoms with Gasteiger partial charge in [0, 0.05) is 0 Å². The van der Waals surface area contributed by atoms with E-state index in [9.17, 15) is 13.0 Å². The summed E-state index contributed by atoms with van der Waals surface area (Å²) in [6, 6.07) is 9.31. The van der Waals surface area contributed by atoms with Crippen LogP contribution in [0.2, 0.25) is 0 Å². The molecular formula is C32H51KO3S. The Kier molecular flexibility index (Phi) is 20.1. The summed E-state index contributed by atoms with van der Waals surface area (Å²) in [6.07, 6.45) is 25.1. The largest absolute Gasteiger partial charge is 1.00 e. The van der Waals surface area contributed by atoms with Crippen LogP contribution in [0.25, 0.3) is 10.8 Å². The van der Waals surface area contributed by atoms with Crippen molar-refractivity contribution >= 4 is 20.9 Å². The molecule has 2 rings (SSSR count). The van der Waals surface area contributed by atoms with Gasteiger partial charge >= 0.3 is 51.4 Å². The molecule has 0 N–H and O–H groups in total. The first-order valence-electron chi connectivity index (χ1n) is 15.0. The van der Waals surface area contributed by atoms with Gasteiger partial charge in [-0.25, -0.2) is 8.42 Å². The summed E-state index contributed by atoms with van der Waals surface area (Å²) in [6.45, 7) is 4.51. The molecule has 0 saturated heterocycles. The van der Waals surface area contributed by atoms with E-state index in [2.05, 4.69) is 19.9 Å². The summed E-state index contributed by atoms with van der Waals surface area (Å²) < 4.78 is 35.9. The quantitative estimate of drug-likeness (QED) is 0.0958. The van der Waals surface area contributed by atoms with E-state index in [4.69, 9.17) is 0 Å². The standard InChI is InChI=1S/C32H52O3S.K/c1-3-5-7-9-11-13-15-17-19-22-28-24-21-25-30-31(36(33,34)35)27-26-29(32(28)30)23-20-18-16-14-12-10-8-6-4-2;/h21,24-27H,3-20,22-23H2,1-2H3,(H,33,34,35);/q;+1/p-1. The molecule has 0 saturated carbocycles. The first-order chi connectivity index (χ1) is 17.5. The molecule has 0 fully saturated rings. The predicted molar refractivity (Wildman–Crippen MR) is 154 cm³/mol. The Morgan fingerprint density at radius 3 is 1.41 bits per heavy atom. The van der Waals surface area contributed by atoms with Gasteiger partial charge in [0.2, 0.25) is 0 Å². The Balaban J connectivity index is 0.00000684. The van der Waals surface area contributed by atoms with Crippen molar-refractivity contribution in [3.05, 3.63) is 41.5 Å². The van der Waals surface area contributed by atoms with Gasteiger partial charge in [-0.3, -0.25) is 0 Å². The second-order valence-corrected chi connectivity index (χ2v) is 12.0. The maximum Gasteiger partial charge on any atom is 1.00 e. The summed E-state index contributed by atoms with van der Waals surface area (Å²) in [5.41, 5.74) is 2.40. The Labute approximate surface area is 271 Å². The number of hydrogen-bond acceptors (Lipinski definition) is 3. The van der Waals surface area contributed by atoms with Gasteiger partial charge < -0.3 is 4.55 Å². The molecule has 0 atom stereocenters. The summed E-state index contributed by atoms with van der Waals surface area (Å²) in [5.74, 6) is 0. The summed E-state index contributed by atoms with van der Waals surface area (Å²) in [7, 11) is -4.50. The number of aryl methyl sites for hydroxylation is 2. The van der Waals surface area contributed by atoms with Crippen molar-refractivity contribution in [3.63, 3.8) is 0 Å². The zero-order chi connectivity index (χ0) is 26.1. The zero-order valence-corrected chi connectivity index (χ0v) is 28.1. The zero-order valence-electron chi connectivity index (χ0n) is 24.2. The van der Waals surface area contributed by atoms with Crippen molar-refractivity contribution < 1.29 is 64.4 Å². The molecule has 0 radical (unpaired) electrons. The van der Waals surface area contributed by atoms with Gasteiger partial charge in [-0.05, 0) is 53.6 Å². The normalized spacial score (nSPS) is 11.6. The van der Waals surface area contributed by atoms with E-state index in [-0.39, 0.29) is 56.3 Å². The Bertz CT molecular complexity index is 943. The minimum atomic E-state index is -4.50. The van der Waals surface area contributed by atoms with Gasteiger partial charge in [-0.2, -0.15) is 0 Å². The van der Waals surface area contributed by atoms with Crippen molar-refractivity contribution in [2.45, 2.75) is 147 Å². The van der Waals surface area contributed by atoms with E-state index in [1.54, 1.807) is 0 Å². The van der Waals surface area contributed by atoms with E-state index < -0.39 is 10.1 Å². The molecule has 0 aliphatic carbocycles. The Hall–Kier alpha value is 0.246. The first kappa shape index (κ1) is 35.3. The van der Waals surface area contributed by atoms with E-state index in [0.717, 1.165) is 31.1 Å².